The van der Waals surface area contributed by atoms with E-state index < -0.39 is 0 Å². The molecule has 0 saturated heterocycles. The van der Waals surface area contributed by atoms with Crippen LogP contribution in [-0.2, 0) is 11.8 Å². The van der Waals surface area contributed by atoms with Gasteiger partial charge in [-0.3, -0.25) is 9.78 Å². The summed E-state index contributed by atoms with van der Waals surface area (Å²) in [7, 11) is 2.09. The Bertz CT molecular complexity index is 1150. The number of pyridine rings is 1. The zero-order chi connectivity index (χ0) is 18.4. The number of hydrogen-bond acceptors (Lipinski definition) is 2. The van der Waals surface area contributed by atoms with E-state index in [0.717, 1.165) is 29.4 Å². The lowest BCUT2D eigenvalue weighted by atomic mass is 9.71. The molecule has 5 rings (SSSR count). The van der Waals surface area contributed by atoms with Crippen molar-refractivity contribution in [3.05, 3.63) is 72.6 Å². The smallest absolute Gasteiger partial charge is 0.227 e. The average molecular weight is 355 g/mol. The molecule has 2 aromatic carbocycles. The minimum absolute atomic E-state index is 0.0629. The second-order valence-corrected chi connectivity index (χ2v) is 7.45. The van der Waals surface area contributed by atoms with Gasteiger partial charge in [-0.25, -0.2) is 0 Å². The highest BCUT2D eigenvalue weighted by Gasteiger charge is 2.36. The fourth-order valence-electron chi connectivity index (χ4n) is 4.22. The fourth-order valence-corrected chi connectivity index (χ4v) is 4.22. The highest BCUT2D eigenvalue weighted by molar-refractivity contribution is 6.01. The van der Waals surface area contributed by atoms with Crippen molar-refractivity contribution in [3.63, 3.8) is 0 Å². The third-order valence-corrected chi connectivity index (χ3v) is 5.77. The van der Waals surface area contributed by atoms with Crippen molar-refractivity contribution in [2.75, 3.05) is 5.32 Å². The van der Waals surface area contributed by atoms with Gasteiger partial charge in [0.15, 0.2) is 0 Å². The van der Waals surface area contributed by atoms with Gasteiger partial charge in [-0.1, -0.05) is 36.4 Å². The van der Waals surface area contributed by atoms with E-state index in [2.05, 4.69) is 52.4 Å². The van der Waals surface area contributed by atoms with E-state index in [9.17, 15) is 4.79 Å². The topological polar surface area (TPSA) is 46.9 Å². The largest absolute Gasteiger partial charge is 0.350 e. The summed E-state index contributed by atoms with van der Waals surface area (Å²) in [6.07, 6.45) is 5.78. The summed E-state index contributed by atoms with van der Waals surface area (Å²) < 4.78 is 2.18. The Morgan fingerprint density at radius 1 is 1.07 bits per heavy atom. The summed E-state index contributed by atoms with van der Waals surface area (Å²) in [6.45, 7) is 0. The summed E-state index contributed by atoms with van der Waals surface area (Å²) in [5, 5.41) is 5.44. The molecule has 0 aliphatic heterocycles. The molecule has 1 aliphatic carbocycles. The summed E-state index contributed by atoms with van der Waals surface area (Å²) in [6, 6.07) is 18.3. The van der Waals surface area contributed by atoms with Gasteiger partial charge in [-0.05, 0) is 42.5 Å². The minimum atomic E-state index is 0.0629. The molecular formula is C23H21N3O. The van der Waals surface area contributed by atoms with Crippen molar-refractivity contribution in [1.82, 2.24) is 9.55 Å². The van der Waals surface area contributed by atoms with Crippen molar-refractivity contribution in [1.29, 1.82) is 0 Å². The van der Waals surface area contributed by atoms with Gasteiger partial charge < -0.3 is 9.88 Å². The standard InChI is InChI=1S/C23H21N3O/c1-26-14-19(18-8-2-3-10-21(18)26)16-12-17(13-16)23(27)25-20-9-4-6-15-7-5-11-24-22(15)20/h2-11,14,16-17H,12-13H2,1H3,(H,25,27). The first-order valence-corrected chi connectivity index (χ1v) is 9.39. The summed E-state index contributed by atoms with van der Waals surface area (Å²) >= 11 is 0. The molecule has 27 heavy (non-hydrogen) atoms. The predicted molar refractivity (Wildman–Crippen MR) is 109 cm³/mol. The number of carbonyl (C=O) groups excluding carboxylic acids is 1. The van der Waals surface area contributed by atoms with Crippen LogP contribution in [0.1, 0.15) is 24.3 Å². The first kappa shape index (κ1) is 16.1. The molecule has 2 heterocycles. The SMILES string of the molecule is Cn1cc(C2CC(C(=O)Nc3cccc4cccnc34)C2)c2ccccc21. The van der Waals surface area contributed by atoms with Crippen LogP contribution < -0.4 is 5.32 Å². The number of rotatable bonds is 3. The van der Waals surface area contributed by atoms with Crippen molar-refractivity contribution >= 4 is 33.4 Å². The zero-order valence-electron chi connectivity index (χ0n) is 15.2. The average Bonchev–Trinajstić information content (AvgIpc) is 2.98. The van der Waals surface area contributed by atoms with E-state index in [-0.39, 0.29) is 11.8 Å². The fraction of sp³-hybridized carbons (Fsp3) is 0.217. The van der Waals surface area contributed by atoms with Gasteiger partial charge in [-0.15, -0.1) is 0 Å². The number of anilines is 1. The van der Waals surface area contributed by atoms with E-state index in [1.165, 1.54) is 16.5 Å². The number of aromatic nitrogens is 2. The molecule has 0 atom stereocenters. The lowest BCUT2D eigenvalue weighted by molar-refractivity contribution is -0.122. The van der Waals surface area contributed by atoms with Crippen LogP contribution in [0.25, 0.3) is 21.8 Å². The van der Waals surface area contributed by atoms with Gasteiger partial charge in [0.25, 0.3) is 0 Å². The summed E-state index contributed by atoms with van der Waals surface area (Å²) in [5.74, 6) is 0.620. The number of nitrogens with zero attached hydrogens (tertiary/aromatic N) is 2. The minimum Gasteiger partial charge on any atom is -0.350 e. The van der Waals surface area contributed by atoms with Crippen LogP contribution in [0, 0.1) is 5.92 Å². The third kappa shape index (κ3) is 2.69. The van der Waals surface area contributed by atoms with Crippen LogP contribution >= 0.6 is 0 Å². The highest BCUT2D eigenvalue weighted by atomic mass is 16.1. The molecular weight excluding hydrogens is 334 g/mol. The van der Waals surface area contributed by atoms with Crippen molar-refractivity contribution in [3.8, 4) is 0 Å². The first-order chi connectivity index (χ1) is 13.2. The number of aryl methyl sites for hydroxylation is 1. The van der Waals surface area contributed by atoms with Crippen LogP contribution in [0.4, 0.5) is 5.69 Å². The maximum atomic E-state index is 12.7. The third-order valence-electron chi connectivity index (χ3n) is 5.77. The van der Waals surface area contributed by atoms with Gasteiger partial charge in [0.05, 0.1) is 11.2 Å². The van der Waals surface area contributed by atoms with Gasteiger partial charge in [0.2, 0.25) is 5.91 Å². The Morgan fingerprint density at radius 2 is 1.89 bits per heavy atom. The zero-order valence-corrected chi connectivity index (χ0v) is 15.2. The Hall–Kier alpha value is -3.14. The van der Waals surface area contributed by atoms with Gasteiger partial charge in [0, 0.05) is 41.6 Å². The normalized spacial score (nSPS) is 19.1. The summed E-state index contributed by atoms with van der Waals surface area (Å²) in [5.41, 5.74) is 4.26. The quantitative estimate of drug-likeness (QED) is 0.570. The number of hydrogen-bond donors (Lipinski definition) is 1. The van der Waals surface area contributed by atoms with Crippen LogP contribution in [0.2, 0.25) is 0 Å². The molecule has 0 unspecified atom stereocenters. The molecule has 1 fully saturated rings. The number of carbonyl (C=O) groups is 1. The molecule has 1 N–H and O–H groups in total. The van der Waals surface area contributed by atoms with Crippen molar-refractivity contribution < 1.29 is 4.79 Å². The highest BCUT2D eigenvalue weighted by Crippen LogP contribution is 2.45. The number of fused-ring (bicyclic) bond motifs is 2. The molecule has 0 radical (unpaired) electrons. The molecule has 2 aromatic heterocycles. The predicted octanol–water partition coefficient (Wildman–Crippen LogP) is 4.86. The first-order valence-electron chi connectivity index (χ1n) is 9.39. The lowest BCUT2D eigenvalue weighted by Gasteiger charge is -2.34. The maximum Gasteiger partial charge on any atom is 0.227 e. The molecule has 4 heteroatoms. The van der Waals surface area contributed by atoms with Crippen LogP contribution in [0.5, 0.6) is 0 Å². The number of nitrogens with one attached hydrogen (secondary N) is 1. The van der Waals surface area contributed by atoms with Crippen molar-refractivity contribution in [2.24, 2.45) is 13.0 Å². The lowest BCUT2D eigenvalue weighted by Crippen LogP contribution is -2.33. The number of benzene rings is 2. The van der Waals surface area contributed by atoms with Crippen LogP contribution in [0.3, 0.4) is 0 Å². The van der Waals surface area contributed by atoms with E-state index in [0.29, 0.717) is 5.92 Å². The maximum absolute atomic E-state index is 12.7. The monoisotopic (exact) mass is 355 g/mol. The van der Waals surface area contributed by atoms with Gasteiger partial charge in [0.1, 0.15) is 0 Å². The summed E-state index contributed by atoms with van der Waals surface area (Å²) in [4.78, 5) is 17.2. The number of amides is 1. The second kappa shape index (κ2) is 6.23. The second-order valence-electron chi connectivity index (χ2n) is 7.45. The molecule has 0 spiro atoms. The van der Waals surface area contributed by atoms with E-state index in [1.54, 1.807) is 6.20 Å². The Morgan fingerprint density at radius 3 is 2.78 bits per heavy atom. The Balaban J connectivity index is 1.32. The molecule has 1 amide bonds. The Kier molecular flexibility index (Phi) is 3.71. The molecule has 134 valence electrons. The molecule has 4 nitrogen and oxygen atoms in total. The van der Waals surface area contributed by atoms with E-state index >= 15 is 0 Å². The number of para-hydroxylation sites is 2. The van der Waals surface area contributed by atoms with Crippen molar-refractivity contribution in [2.45, 2.75) is 18.8 Å². The molecule has 1 aliphatic rings. The van der Waals surface area contributed by atoms with Crippen LogP contribution in [0.15, 0.2) is 67.0 Å². The molecule has 1 saturated carbocycles. The van der Waals surface area contributed by atoms with Crippen LogP contribution in [-0.4, -0.2) is 15.5 Å². The molecule has 0 bridgehead atoms. The molecule has 4 aromatic rings. The Labute approximate surface area is 157 Å². The van der Waals surface area contributed by atoms with Gasteiger partial charge in [-0.2, -0.15) is 0 Å². The van der Waals surface area contributed by atoms with Gasteiger partial charge >= 0.3 is 0 Å². The van der Waals surface area contributed by atoms with E-state index in [1.807, 2.05) is 30.3 Å². The van der Waals surface area contributed by atoms with E-state index in [4.69, 9.17) is 0 Å².